The van der Waals surface area contributed by atoms with Crippen molar-refractivity contribution < 1.29 is 4.79 Å². The minimum absolute atomic E-state index is 0.0392. The van der Waals surface area contributed by atoms with Crippen molar-refractivity contribution in [2.24, 2.45) is 5.73 Å². The van der Waals surface area contributed by atoms with Crippen LogP contribution in [0.1, 0.15) is 25.3 Å². The summed E-state index contributed by atoms with van der Waals surface area (Å²) in [6.45, 7) is 4.34. The predicted molar refractivity (Wildman–Crippen MR) is 78.1 cm³/mol. The van der Waals surface area contributed by atoms with Crippen LogP contribution in [-0.4, -0.2) is 36.5 Å². The Balaban J connectivity index is 1.81. The van der Waals surface area contributed by atoms with Gasteiger partial charge in [-0.25, -0.2) is 0 Å². The average Bonchev–Trinajstić information content (AvgIpc) is 2.77. The summed E-state index contributed by atoms with van der Waals surface area (Å²) in [7, 11) is 0. The molecule has 2 rings (SSSR count). The normalized spacial score (nSPS) is 19.6. The van der Waals surface area contributed by atoms with Crippen LogP contribution in [0.5, 0.6) is 0 Å². The smallest absolute Gasteiger partial charge is 0.238 e. The third-order valence-corrected chi connectivity index (χ3v) is 3.45. The summed E-state index contributed by atoms with van der Waals surface area (Å²) >= 11 is 0. The molecule has 4 nitrogen and oxygen atoms in total. The van der Waals surface area contributed by atoms with Crippen molar-refractivity contribution in [3.8, 4) is 0 Å². The first-order valence-corrected chi connectivity index (χ1v) is 7.04. The van der Waals surface area contributed by atoms with Gasteiger partial charge in [-0.3, -0.25) is 9.69 Å². The van der Waals surface area contributed by atoms with Gasteiger partial charge in [0.15, 0.2) is 0 Å². The maximum atomic E-state index is 11.9. The van der Waals surface area contributed by atoms with Crippen LogP contribution in [0.2, 0.25) is 0 Å². The molecule has 104 valence electrons. The monoisotopic (exact) mass is 261 g/mol. The standard InChI is InChI=1S/C15H23N3O/c1-2-3-12-4-6-14(7-5-12)17-15(19)11-18-9-8-13(16)10-18/h4-7,13H,2-3,8-11,16H2,1H3,(H,17,19)/t13-/m1/s1. The molecule has 1 aliphatic rings. The second-order valence-corrected chi connectivity index (χ2v) is 5.28. The fraction of sp³-hybridized carbons (Fsp3) is 0.533. The molecule has 1 heterocycles. The predicted octanol–water partition coefficient (Wildman–Crippen LogP) is 1.61. The molecule has 1 aromatic carbocycles. The molecule has 0 unspecified atom stereocenters. The van der Waals surface area contributed by atoms with Crippen molar-refractivity contribution >= 4 is 11.6 Å². The zero-order valence-corrected chi connectivity index (χ0v) is 11.6. The molecule has 1 aromatic rings. The first kappa shape index (κ1) is 14.0. The maximum Gasteiger partial charge on any atom is 0.238 e. The summed E-state index contributed by atoms with van der Waals surface area (Å²) in [5.41, 5.74) is 8.01. The number of nitrogens with two attached hydrogens (primary N) is 1. The zero-order chi connectivity index (χ0) is 13.7. The number of aryl methyl sites for hydroxylation is 1. The molecule has 1 amide bonds. The molecule has 0 saturated carbocycles. The van der Waals surface area contributed by atoms with Crippen LogP contribution in [0.3, 0.4) is 0 Å². The number of likely N-dealkylation sites (tertiary alicyclic amines) is 1. The zero-order valence-electron chi connectivity index (χ0n) is 11.6. The van der Waals surface area contributed by atoms with Gasteiger partial charge in [0.25, 0.3) is 0 Å². The molecule has 1 atom stereocenters. The van der Waals surface area contributed by atoms with Crippen LogP contribution >= 0.6 is 0 Å². The Bertz CT molecular complexity index is 416. The quantitative estimate of drug-likeness (QED) is 0.846. The van der Waals surface area contributed by atoms with Gasteiger partial charge >= 0.3 is 0 Å². The van der Waals surface area contributed by atoms with Gasteiger partial charge in [0, 0.05) is 24.8 Å². The van der Waals surface area contributed by atoms with Gasteiger partial charge in [-0.1, -0.05) is 25.5 Å². The fourth-order valence-corrected chi connectivity index (χ4v) is 2.45. The van der Waals surface area contributed by atoms with E-state index >= 15 is 0 Å². The van der Waals surface area contributed by atoms with E-state index in [1.54, 1.807) is 0 Å². The number of nitrogens with zero attached hydrogens (tertiary/aromatic N) is 1. The third-order valence-electron chi connectivity index (χ3n) is 3.45. The van der Waals surface area contributed by atoms with Crippen molar-refractivity contribution in [2.75, 3.05) is 25.0 Å². The number of anilines is 1. The van der Waals surface area contributed by atoms with E-state index in [1.807, 2.05) is 12.1 Å². The first-order chi connectivity index (χ1) is 9.17. The molecule has 0 aliphatic carbocycles. The third kappa shape index (κ3) is 4.33. The highest BCUT2D eigenvalue weighted by molar-refractivity contribution is 5.92. The molecule has 4 heteroatoms. The van der Waals surface area contributed by atoms with Crippen LogP contribution < -0.4 is 11.1 Å². The van der Waals surface area contributed by atoms with Crippen LogP contribution in [0.25, 0.3) is 0 Å². The van der Waals surface area contributed by atoms with Crippen molar-refractivity contribution in [3.63, 3.8) is 0 Å². The summed E-state index contributed by atoms with van der Waals surface area (Å²) in [6.07, 6.45) is 3.21. The molecule has 0 bridgehead atoms. The summed E-state index contributed by atoms with van der Waals surface area (Å²) < 4.78 is 0. The fourth-order valence-electron chi connectivity index (χ4n) is 2.45. The van der Waals surface area contributed by atoms with Gasteiger partial charge in [-0.15, -0.1) is 0 Å². The van der Waals surface area contributed by atoms with E-state index in [4.69, 9.17) is 5.73 Å². The number of amides is 1. The number of carbonyl (C=O) groups is 1. The Morgan fingerprint density at radius 2 is 2.16 bits per heavy atom. The van der Waals surface area contributed by atoms with Crippen LogP contribution in [0, 0.1) is 0 Å². The lowest BCUT2D eigenvalue weighted by molar-refractivity contribution is -0.117. The second-order valence-electron chi connectivity index (χ2n) is 5.28. The van der Waals surface area contributed by atoms with E-state index in [9.17, 15) is 4.79 Å². The summed E-state index contributed by atoms with van der Waals surface area (Å²) in [4.78, 5) is 14.0. The molecule has 0 radical (unpaired) electrons. The van der Waals surface area contributed by atoms with Crippen molar-refractivity contribution in [3.05, 3.63) is 29.8 Å². The van der Waals surface area contributed by atoms with Gasteiger partial charge in [0.1, 0.15) is 0 Å². The molecular weight excluding hydrogens is 238 g/mol. The van der Waals surface area contributed by atoms with Crippen molar-refractivity contribution in [1.29, 1.82) is 0 Å². The maximum absolute atomic E-state index is 11.9. The van der Waals surface area contributed by atoms with Crippen LogP contribution in [-0.2, 0) is 11.2 Å². The van der Waals surface area contributed by atoms with E-state index in [0.29, 0.717) is 6.54 Å². The Hall–Kier alpha value is -1.39. The molecule has 0 aromatic heterocycles. The lowest BCUT2D eigenvalue weighted by Gasteiger charge is -2.14. The number of carbonyl (C=O) groups excluding carboxylic acids is 1. The van der Waals surface area contributed by atoms with Crippen molar-refractivity contribution in [1.82, 2.24) is 4.90 Å². The highest BCUT2D eigenvalue weighted by atomic mass is 16.2. The minimum Gasteiger partial charge on any atom is -0.326 e. The van der Waals surface area contributed by atoms with Crippen LogP contribution in [0.4, 0.5) is 5.69 Å². The SMILES string of the molecule is CCCc1ccc(NC(=O)CN2CC[C@@H](N)C2)cc1. The Morgan fingerprint density at radius 1 is 1.42 bits per heavy atom. The molecule has 1 fully saturated rings. The number of rotatable bonds is 5. The number of nitrogens with one attached hydrogen (secondary N) is 1. The largest absolute Gasteiger partial charge is 0.326 e. The molecule has 3 N–H and O–H groups in total. The van der Waals surface area contributed by atoms with E-state index < -0.39 is 0 Å². The number of hydrogen-bond acceptors (Lipinski definition) is 3. The Kier molecular flexibility index (Phi) is 4.93. The van der Waals surface area contributed by atoms with E-state index in [-0.39, 0.29) is 11.9 Å². The lowest BCUT2D eigenvalue weighted by atomic mass is 10.1. The van der Waals surface area contributed by atoms with Gasteiger partial charge in [-0.2, -0.15) is 0 Å². The Labute approximate surface area is 115 Å². The van der Waals surface area contributed by atoms with Crippen LogP contribution in [0.15, 0.2) is 24.3 Å². The Morgan fingerprint density at radius 3 is 2.74 bits per heavy atom. The molecule has 0 spiro atoms. The number of benzene rings is 1. The highest BCUT2D eigenvalue weighted by Gasteiger charge is 2.20. The first-order valence-electron chi connectivity index (χ1n) is 7.04. The molecule has 1 aliphatic heterocycles. The summed E-state index contributed by atoms with van der Waals surface area (Å²) in [6, 6.07) is 8.31. The van der Waals surface area contributed by atoms with Gasteiger partial charge < -0.3 is 11.1 Å². The average molecular weight is 261 g/mol. The molecule has 1 saturated heterocycles. The highest BCUT2D eigenvalue weighted by Crippen LogP contribution is 2.12. The van der Waals surface area contributed by atoms with Gasteiger partial charge in [-0.05, 0) is 30.5 Å². The number of hydrogen-bond donors (Lipinski definition) is 2. The second kappa shape index (κ2) is 6.68. The van der Waals surface area contributed by atoms with E-state index in [1.165, 1.54) is 5.56 Å². The minimum atomic E-state index is 0.0392. The lowest BCUT2D eigenvalue weighted by Crippen LogP contribution is -2.33. The van der Waals surface area contributed by atoms with Gasteiger partial charge in [0.2, 0.25) is 5.91 Å². The van der Waals surface area contributed by atoms with Gasteiger partial charge in [0.05, 0.1) is 6.54 Å². The summed E-state index contributed by atoms with van der Waals surface area (Å²) in [5, 5.41) is 2.93. The van der Waals surface area contributed by atoms with E-state index in [0.717, 1.165) is 38.0 Å². The topological polar surface area (TPSA) is 58.4 Å². The van der Waals surface area contributed by atoms with E-state index in [2.05, 4.69) is 29.3 Å². The molecule has 19 heavy (non-hydrogen) atoms. The molecular formula is C15H23N3O. The summed E-state index contributed by atoms with van der Waals surface area (Å²) in [5.74, 6) is 0.0392. The van der Waals surface area contributed by atoms with Crippen molar-refractivity contribution in [2.45, 2.75) is 32.2 Å².